The molecule has 0 saturated carbocycles. The highest BCUT2D eigenvalue weighted by Gasteiger charge is 2.47. The number of carbonyl (C=O) groups excluding carboxylic acids is 2. The van der Waals surface area contributed by atoms with Crippen molar-refractivity contribution >= 4 is 12.0 Å². The Kier molecular flexibility index (Phi) is 12.6. The van der Waals surface area contributed by atoms with E-state index in [1.54, 1.807) is 11.1 Å². The van der Waals surface area contributed by atoms with Gasteiger partial charge in [0.2, 0.25) is 5.75 Å². The van der Waals surface area contributed by atoms with E-state index in [1.165, 1.54) is 26.9 Å². The van der Waals surface area contributed by atoms with Crippen LogP contribution >= 0.6 is 0 Å². The molecule has 9 nitrogen and oxygen atoms in total. The second kappa shape index (κ2) is 16.8. The van der Waals surface area contributed by atoms with Crippen LogP contribution in [0.3, 0.4) is 0 Å². The minimum Gasteiger partial charge on any atom is -0.493 e. The van der Waals surface area contributed by atoms with E-state index in [2.05, 4.69) is 4.98 Å². The summed E-state index contributed by atoms with van der Waals surface area (Å²) in [6, 6.07) is 17.2. The number of alkyl halides is 2. The lowest BCUT2D eigenvalue weighted by atomic mass is 9.99. The second-order valence-electron chi connectivity index (χ2n) is 11.2. The van der Waals surface area contributed by atoms with Crippen LogP contribution in [0.5, 0.6) is 17.2 Å². The van der Waals surface area contributed by atoms with Crippen molar-refractivity contribution in [3.63, 3.8) is 0 Å². The van der Waals surface area contributed by atoms with Gasteiger partial charge in [0, 0.05) is 37.1 Å². The molecule has 1 aliphatic rings. The number of likely N-dealkylation sites (tertiary alicyclic amines) is 1. The Labute approximate surface area is 269 Å². The summed E-state index contributed by atoms with van der Waals surface area (Å²) in [4.78, 5) is 33.9. The first kappa shape index (κ1) is 34.5. The van der Waals surface area contributed by atoms with Crippen molar-refractivity contribution in [3.05, 3.63) is 83.7 Å². The van der Waals surface area contributed by atoms with Crippen LogP contribution in [0.25, 0.3) is 0 Å². The monoisotopic (exact) mass is 639 g/mol. The third kappa shape index (κ3) is 8.86. The highest BCUT2D eigenvalue weighted by atomic mass is 19.3. The van der Waals surface area contributed by atoms with Gasteiger partial charge in [-0.1, -0.05) is 36.4 Å². The molecule has 0 radical (unpaired) electrons. The molecule has 0 bridgehead atoms. The Hall–Kier alpha value is -4.41. The van der Waals surface area contributed by atoms with Crippen molar-refractivity contribution in [1.29, 1.82) is 0 Å². The number of amides is 2. The Morgan fingerprint density at radius 1 is 0.913 bits per heavy atom. The maximum atomic E-state index is 15.8. The first-order chi connectivity index (χ1) is 22.3. The molecular formula is C35H43F2N3O6. The van der Waals surface area contributed by atoms with Crippen molar-refractivity contribution < 1.29 is 37.3 Å². The van der Waals surface area contributed by atoms with Crippen molar-refractivity contribution in [2.75, 3.05) is 47.6 Å². The SMILES string of the molecule is COc1cc(C(F)(F)C(=O)N2CCCCC2COC(=O)N(CCCc2ccccc2)CCCc2ccccn2)cc(OC)c1OC. The van der Waals surface area contributed by atoms with E-state index in [0.29, 0.717) is 38.8 Å². The zero-order valence-electron chi connectivity index (χ0n) is 26.8. The number of pyridine rings is 1. The van der Waals surface area contributed by atoms with Gasteiger partial charge in [-0.15, -0.1) is 0 Å². The van der Waals surface area contributed by atoms with Gasteiger partial charge in [-0.2, -0.15) is 8.78 Å². The van der Waals surface area contributed by atoms with Gasteiger partial charge in [-0.25, -0.2) is 4.79 Å². The fourth-order valence-corrected chi connectivity index (χ4v) is 5.68. The lowest BCUT2D eigenvalue weighted by Gasteiger charge is -2.37. The van der Waals surface area contributed by atoms with Crippen LogP contribution in [0.4, 0.5) is 13.6 Å². The van der Waals surface area contributed by atoms with E-state index in [0.717, 1.165) is 42.0 Å². The van der Waals surface area contributed by atoms with E-state index in [4.69, 9.17) is 18.9 Å². The summed E-state index contributed by atoms with van der Waals surface area (Å²) in [5.74, 6) is -5.07. The van der Waals surface area contributed by atoms with E-state index < -0.39 is 29.5 Å². The molecule has 2 heterocycles. The number of methoxy groups -OCH3 is 3. The number of ether oxygens (including phenoxy) is 4. The summed E-state index contributed by atoms with van der Waals surface area (Å²) < 4.78 is 53.0. The van der Waals surface area contributed by atoms with Crippen LogP contribution in [-0.2, 0) is 28.3 Å². The smallest absolute Gasteiger partial charge is 0.409 e. The van der Waals surface area contributed by atoms with Crippen LogP contribution in [0.1, 0.15) is 48.9 Å². The quantitative estimate of drug-likeness (QED) is 0.193. The second-order valence-corrected chi connectivity index (χ2v) is 11.2. The largest absolute Gasteiger partial charge is 0.493 e. The van der Waals surface area contributed by atoms with Gasteiger partial charge in [0.1, 0.15) is 6.61 Å². The molecule has 46 heavy (non-hydrogen) atoms. The fourth-order valence-electron chi connectivity index (χ4n) is 5.68. The van der Waals surface area contributed by atoms with E-state index in [9.17, 15) is 9.59 Å². The standard InChI is InChI=1S/C35H43F2N3O6/c1-43-30-23-27(24-31(44-2)32(30)45-3)35(36,37)33(41)40-22-10-8-18-29(40)25-46-34(42)39(20-11-15-26-13-5-4-6-14-26)21-12-17-28-16-7-9-19-38-28/h4-7,9,13-14,16,19,23-24,29H,8,10-12,15,17-18,20-22,25H2,1-3H3. The van der Waals surface area contributed by atoms with Gasteiger partial charge in [-0.05, 0) is 74.8 Å². The number of aromatic nitrogens is 1. The molecule has 1 atom stereocenters. The van der Waals surface area contributed by atoms with E-state index in [-0.39, 0.29) is 30.4 Å². The summed E-state index contributed by atoms with van der Waals surface area (Å²) in [6.07, 6.45) is 5.87. The molecule has 0 aliphatic carbocycles. The van der Waals surface area contributed by atoms with Crippen LogP contribution in [-0.4, -0.2) is 80.4 Å². The van der Waals surface area contributed by atoms with Gasteiger partial charge < -0.3 is 28.7 Å². The third-order valence-corrected chi connectivity index (χ3v) is 8.16. The van der Waals surface area contributed by atoms with Gasteiger partial charge in [-0.3, -0.25) is 9.78 Å². The number of hydrogen-bond donors (Lipinski definition) is 0. The molecule has 1 unspecified atom stereocenters. The average Bonchev–Trinajstić information content (AvgIpc) is 3.09. The van der Waals surface area contributed by atoms with Gasteiger partial charge >= 0.3 is 12.0 Å². The van der Waals surface area contributed by atoms with Crippen LogP contribution < -0.4 is 14.2 Å². The van der Waals surface area contributed by atoms with Crippen molar-refractivity contribution in [1.82, 2.24) is 14.8 Å². The number of piperidine rings is 1. The average molecular weight is 640 g/mol. The zero-order valence-corrected chi connectivity index (χ0v) is 26.8. The first-order valence-corrected chi connectivity index (χ1v) is 15.6. The maximum Gasteiger partial charge on any atom is 0.409 e. The molecule has 11 heteroatoms. The molecule has 1 aliphatic heterocycles. The lowest BCUT2D eigenvalue weighted by molar-refractivity contribution is -0.164. The number of nitrogens with zero attached hydrogens (tertiary/aromatic N) is 3. The number of carbonyl (C=O) groups is 2. The Balaban J connectivity index is 1.43. The predicted octanol–water partition coefficient (Wildman–Crippen LogP) is 6.28. The summed E-state index contributed by atoms with van der Waals surface area (Å²) in [5.41, 5.74) is 1.53. The Morgan fingerprint density at radius 2 is 1.59 bits per heavy atom. The zero-order chi connectivity index (χ0) is 32.9. The number of aryl methyl sites for hydroxylation is 2. The molecule has 2 amide bonds. The van der Waals surface area contributed by atoms with Crippen LogP contribution in [0.2, 0.25) is 0 Å². The van der Waals surface area contributed by atoms with Gasteiger partial charge in [0.15, 0.2) is 11.5 Å². The summed E-state index contributed by atoms with van der Waals surface area (Å²) in [5, 5.41) is 0. The molecule has 3 aromatic rings. The van der Waals surface area contributed by atoms with E-state index in [1.807, 2.05) is 48.5 Å². The number of rotatable bonds is 15. The molecule has 2 aromatic carbocycles. The van der Waals surface area contributed by atoms with E-state index >= 15 is 8.78 Å². The molecule has 4 rings (SSSR count). The molecule has 0 N–H and O–H groups in total. The molecule has 1 saturated heterocycles. The first-order valence-electron chi connectivity index (χ1n) is 15.6. The number of halogens is 2. The third-order valence-electron chi connectivity index (χ3n) is 8.16. The minimum absolute atomic E-state index is 0.0175. The van der Waals surface area contributed by atoms with Crippen molar-refractivity contribution in [2.24, 2.45) is 0 Å². The number of benzene rings is 2. The summed E-state index contributed by atoms with van der Waals surface area (Å²) >= 11 is 0. The summed E-state index contributed by atoms with van der Waals surface area (Å²) in [7, 11) is 4.01. The summed E-state index contributed by atoms with van der Waals surface area (Å²) in [6.45, 7) is 0.885. The highest BCUT2D eigenvalue weighted by molar-refractivity contribution is 5.86. The predicted molar refractivity (Wildman–Crippen MR) is 170 cm³/mol. The molecular weight excluding hydrogens is 596 g/mol. The highest BCUT2D eigenvalue weighted by Crippen LogP contribution is 2.43. The molecule has 1 aromatic heterocycles. The topological polar surface area (TPSA) is 90.4 Å². The van der Waals surface area contributed by atoms with Gasteiger partial charge in [0.05, 0.1) is 27.4 Å². The van der Waals surface area contributed by atoms with Gasteiger partial charge in [0.25, 0.3) is 5.91 Å². The van der Waals surface area contributed by atoms with Crippen LogP contribution in [0.15, 0.2) is 66.9 Å². The molecule has 1 fully saturated rings. The number of hydrogen-bond acceptors (Lipinski definition) is 7. The normalized spacial score (nSPS) is 14.8. The molecule has 248 valence electrons. The Bertz CT molecular complexity index is 1340. The molecule has 0 spiro atoms. The Morgan fingerprint density at radius 3 is 2.22 bits per heavy atom. The minimum atomic E-state index is -3.89. The van der Waals surface area contributed by atoms with Crippen molar-refractivity contribution in [3.8, 4) is 17.2 Å². The fraction of sp³-hybridized carbons (Fsp3) is 0.457. The maximum absolute atomic E-state index is 15.8. The van der Waals surface area contributed by atoms with Crippen LogP contribution in [0, 0.1) is 0 Å². The lowest BCUT2D eigenvalue weighted by Crippen LogP contribution is -2.52. The van der Waals surface area contributed by atoms with Crippen molar-refractivity contribution in [2.45, 2.75) is 56.9 Å².